The monoisotopic (exact) mass is 492 g/mol. The van der Waals surface area contributed by atoms with E-state index in [0.29, 0.717) is 13.0 Å². The van der Waals surface area contributed by atoms with E-state index in [-0.39, 0.29) is 5.97 Å². The largest absolute Gasteiger partial charge is 0.494 e. The van der Waals surface area contributed by atoms with Gasteiger partial charge in [-0.05, 0) is 55.7 Å². The smallest absolute Gasteiger partial charge is 0.305 e. The second-order valence-electron chi connectivity index (χ2n) is 7.50. The Morgan fingerprint density at radius 3 is 2.50 bits per heavy atom. The first-order chi connectivity index (χ1) is 15.7. The summed E-state index contributed by atoms with van der Waals surface area (Å²) in [5.74, 6) is 1.54. The third kappa shape index (κ3) is 5.19. The van der Waals surface area contributed by atoms with Gasteiger partial charge in [0.25, 0.3) is 0 Å². The van der Waals surface area contributed by atoms with Crippen LogP contribution in [-0.2, 0) is 9.53 Å². The predicted molar refractivity (Wildman–Crippen MR) is 130 cm³/mol. The number of nitrogens with zero attached hydrogens (tertiary/aromatic N) is 2. The van der Waals surface area contributed by atoms with Crippen molar-refractivity contribution in [2.24, 2.45) is 0 Å². The van der Waals surface area contributed by atoms with Crippen LogP contribution in [0.15, 0.2) is 77.3 Å². The zero-order valence-corrected chi connectivity index (χ0v) is 19.5. The van der Waals surface area contributed by atoms with Crippen molar-refractivity contribution in [3.8, 4) is 22.8 Å². The van der Waals surface area contributed by atoms with Crippen LogP contribution in [0.25, 0.3) is 28.1 Å². The molecule has 0 amide bonds. The molecule has 4 rings (SSSR count). The third-order valence-corrected chi connectivity index (χ3v) is 5.79. The summed E-state index contributed by atoms with van der Waals surface area (Å²) in [4.78, 5) is 16.1. The fourth-order valence-electron chi connectivity index (χ4n) is 3.62. The second kappa shape index (κ2) is 10.5. The molecule has 1 aromatic heterocycles. The first-order valence-electron chi connectivity index (χ1n) is 10.7. The number of carbonyl (C=O) groups is 1. The van der Waals surface area contributed by atoms with Crippen molar-refractivity contribution in [3.63, 3.8) is 0 Å². The summed E-state index contributed by atoms with van der Waals surface area (Å²) < 4.78 is 13.9. The number of unbranched alkanes of at least 4 members (excludes halogenated alkanes) is 2. The molecule has 3 aromatic carbocycles. The SMILES string of the molecule is COC(=O)CCCCCOc1ccc2nc(-c3ccc(Br)cc3)n(-c3ccccc3)c2c1. The van der Waals surface area contributed by atoms with Crippen molar-refractivity contribution in [2.45, 2.75) is 25.7 Å². The molecule has 0 saturated heterocycles. The van der Waals surface area contributed by atoms with Gasteiger partial charge in [-0.1, -0.05) is 46.3 Å². The summed E-state index contributed by atoms with van der Waals surface area (Å²) in [6.07, 6.45) is 3.08. The molecule has 6 heteroatoms. The van der Waals surface area contributed by atoms with Gasteiger partial charge in [0.05, 0.1) is 24.8 Å². The number of halogens is 1. The highest BCUT2D eigenvalue weighted by atomic mass is 79.9. The lowest BCUT2D eigenvalue weighted by Gasteiger charge is -2.11. The van der Waals surface area contributed by atoms with Gasteiger partial charge in [-0.15, -0.1) is 0 Å². The second-order valence-corrected chi connectivity index (χ2v) is 8.41. The van der Waals surface area contributed by atoms with E-state index in [0.717, 1.165) is 57.6 Å². The number of aromatic nitrogens is 2. The number of methoxy groups -OCH3 is 1. The number of ether oxygens (including phenoxy) is 2. The number of rotatable bonds is 9. The summed E-state index contributed by atoms with van der Waals surface area (Å²) in [5, 5.41) is 0. The van der Waals surface area contributed by atoms with Crippen LogP contribution in [0.4, 0.5) is 0 Å². The first-order valence-corrected chi connectivity index (χ1v) is 11.5. The molecule has 0 saturated carbocycles. The van der Waals surface area contributed by atoms with E-state index in [9.17, 15) is 4.79 Å². The van der Waals surface area contributed by atoms with Gasteiger partial charge in [0.15, 0.2) is 0 Å². The van der Waals surface area contributed by atoms with Crippen LogP contribution in [0.3, 0.4) is 0 Å². The highest BCUT2D eigenvalue weighted by Gasteiger charge is 2.15. The molecule has 0 aliphatic rings. The molecule has 0 fully saturated rings. The normalized spacial score (nSPS) is 10.9. The Bertz CT molecular complexity index is 1190. The fourth-order valence-corrected chi connectivity index (χ4v) is 3.88. The van der Waals surface area contributed by atoms with Crippen LogP contribution in [0.5, 0.6) is 5.75 Å². The van der Waals surface area contributed by atoms with Crippen molar-refractivity contribution in [1.29, 1.82) is 0 Å². The van der Waals surface area contributed by atoms with E-state index in [2.05, 4.69) is 49.5 Å². The Kier molecular flexibility index (Phi) is 7.22. The molecule has 164 valence electrons. The Hall–Kier alpha value is -3.12. The lowest BCUT2D eigenvalue weighted by molar-refractivity contribution is -0.140. The lowest BCUT2D eigenvalue weighted by Crippen LogP contribution is -2.01. The zero-order valence-electron chi connectivity index (χ0n) is 18.0. The topological polar surface area (TPSA) is 53.4 Å². The molecule has 0 aliphatic carbocycles. The molecular formula is C26H25BrN2O3. The summed E-state index contributed by atoms with van der Waals surface area (Å²) in [5.41, 5.74) is 4.00. The number of hydrogen-bond donors (Lipinski definition) is 0. The van der Waals surface area contributed by atoms with Crippen LogP contribution in [-0.4, -0.2) is 29.2 Å². The maximum atomic E-state index is 11.2. The van der Waals surface area contributed by atoms with E-state index >= 15 is 0 Å². The Morgan fingerprint density at radius 1 is 0.969 bits per heavy atom. The van der Waals surface area contributed by atoms with E-state index < -0.39 is 0 Å². The van der Waals surface area contributed by atoms with Gasteiger partial charge in [0, 0.05) is 28.2 Å². The molecule has 1 heterocycles. The van der Waals surface area contributed by atoms with Crippen molar-refractivity contribution < 1.29 is 14.3 Å². The van der Waals surface area contributed by atoms with Crippen molar-refractivity contribution >= 4 is 32.9 Å². The Morgan fingerprint density at radius 2 is 1.75 bits per heavy atom. The highest BCUT2D eigenvalue weighted by Crippen LogP contribution is 2.31. The van der Waals surface area contributed by atoms with Crippen LogP contribution in [0, 0.1) is 0 Å². The number of carbonyl (C=O) groups excluding carboxylic acids is 1. The fraction of sp³-hybridized carbons (Fsp3) is 0.231. The number of benzene rings is 3. The van der Waals surface area contributed by atoms with Gasteiger partial charge >= 0.3 is 5.97 Å². The molecule has 0 atom stereocenters. The lowest BCUT2D eigenvalue weighted by atomic mass is 10.2. The molecule has 0 spiro atoms. The quantitative estimate of drug-likeness (QED) is 0.196. The van der Waals surface area contributed by atoms with Crippen LogP contribution in [0.1, 0.15) is 25.7 Å². The zero-order chi connectivity index (χ0) is 22.3. The minimum Gasteiger partial charge on any atom is -0.494 e. The summed E-state index contributed by atoms with van der Waals surface area (Å²) in [6, 6.07) is 24.4. The average Bonchev–Trinajstić information content (AvgIpc) is 3.21. The first kappa shape index (κ1) is 22.1. The molecular weight excluding hydrogens is 468 g/mol. The van der Waals surface area contributed by atoms with Crippen LogP contribution < -0.4 is 4.74 Å². The van der Waals surface area contributed by atoms with Gasteiger partial charge in [-0.2, -0.15) is 0 Å². The average molecular weight is 493 g/mol. The summed E-state index contributed by atoms with van der Waals surface area (Å²) in [6.45, 7) is 0.603. The summed E-state index contributed by atoms with van der Waals surface area (Å²) >= 11 is 3.51. The standard InChI is InChI=1S/C26H25BrN2O3/c1-31-25(30)10-6-3-7-17-32-22-15-16-23-24(18-22)29(21-8-4-2-5-9-21)26(28-23)19-11-13-20(27)14-12-19/h2,4-5,8-9,11-16,18H,3,6-7,10,17H2,1H3. The van der Waals surface area contributed by atoms with E-state index in [4.69, 9.17) is 9.72 Å². The number of para-hydroxylation sites is 1. The third-order valence-electron chi connectivity index (χ3n) is 5.26. The number of imidazole rings is 1. The molecule has 0 bridgehead atoms. The molecule has 0 unspecified atom stereocenters. The predicted octanol–water partition coefficient (Wildman–Crippen LogP) is 6.57. The van der Waals surface area contributed by atoms with E-state index in [1.165, 1.54) is 7.11 Å². The molecule has 5 nitrogen and oxygen atoms in total. The van der Waals surface area contributed by atoms with Gasteiger partial charge in [-0.3, -0.25) is 9.36 Å². The minimum atomic E-state index is -0.160. The molecule has 0 aliphatic heterocycles. The molecule has 32 heavy (non-hydrogen) atoms. The highest BCUT2D eigenvalue weighted by molar-refractivity contribution is 9.10. The molecule has 4 aromatic rings. The van der Waals surface area contributed by atoms with Gasteiger partial charge in [-0.25, -0.2) is 4.98 Å². The van der Waals surface area contributed by atoms with Gasteiger partial charge in [0.1, 0.15) is 11.6 Å². The maximum absolute atomic E-state index is 11.2. The Labute approximate surface area is 196 Å². The Balaban J connectivity index is 1.58. The van der Waals surface area contributed by atoms with E-state index in [1.807, 2.05) is 48.5 Å². The number of esters is 1. The summed E-state index contributed by atoms with van der Waals surface area (Å²) in [7, 11) is 1.42. The van der Waals surface area contributed by atoms with Crippen molar-refractivity contribution in [1.82, 2.24) is 9.55 Å². The van der Waals surface area contributed by atoms with Gasteiger partial charge in [0.2, 0.25) is 0 Å². The van der Waals surface area contributed by atoms with Crippen molar-refractivity contribution in [2.75, 3.05) is 13.7 Å². The number of fused-ring (bicyclic) bond motifs is 1. The minimum absolute atomic E-state index is 0.160. The van der Waals surface area contributed by atoms with Crippen molar-refractivity contribution in [3.05, 3.63) is 77.3 Å². The van der Waals surface area contributed by atoms with Gasteiger partial charge < -0.3 is 9.47 Å². The van der Waals surface area contributed by atoms with E-state index in [1.54, 1.807) is 0 Å². The maximum Gasteiger partial charge on any atom is 0.305 e. The van der Waals surface area contributed by atoms with Crippen LogP contribution >= 0.6 is 15.9 Å². The number of hydrogen-bond acceptors (Lipinski definition) is 4. The molecule has 0 radical (unpaired) electrons. The van der Waals surface area contributed by atoms with Crippen LogP contribution in [0.2, 0.25) is 0 Å². The molecule has 0 N–H and O–H groups in total.